The first kappa shape index (κ1) is 11.9. The van der Waals surface area contributed by atoms with Gasteiger partial charge < -0.3 is 5.32 Å². The van der Waals surface area contributed by atoms with Crippen LogP contribution in [-0.2, 0) is 18.3 Å². The van der Waals surface area contributed by atoms with Gasteiger partial charge in [0.1, 0.15) is 0 Å². The van der Waals surface area contributed by atoms with Gasteiger partial charge in [0.25, 0.3) is 0 Å². The van der Waals surface area contributed by atoms with E-state index in [0.29, 0.717) is 11.4 Å². The highest BCUT2D eigenvalue weighted by atomic mass is 16.1. The van der Waals surface area contributed by atoms with Gasteiger partial charge >= 0.3 is 0 Å². The molecule has 5 heteroatoms. The number of nitrogens with one attached hydrogen (secondary N) is 1. The Labute approximate surface area is 105 Å². The van der Waals surface area contributed by atoms with Crippen LogP contribution < -0.4 is 5.32 Å². The van der Waals surface area contributed by atoms with Gasteiger partial charge in [-0.25, -0.2) is 0 Å². The average Bonchev–Trinajstić information content (AvgIpc) is 2.75. The molecule has 0 aliphatic rings. The molecular formula is C13H12N4O. The molecule has 0 radical (unpaired) electrons. The molecule has 1 aromatic carbocycles. The molecule has 1 N–H and O–H groups in total. The van der Waals surface area contributed by atoms with Gasteiger partial charge in [0.2, 0.25) is 5.91 Å². The van der Waals surface area contributed by atoms with Crippen molar-refractivity contribution in [1.82, 2.24) is 9.78 Å². The first-order valence-corrected chi connectivity index (χ1v) is 5.46. The lowest BCUT2D eigenvalue weighted by atomic mass is 10.1. The zero-order chi connectivity index (χ0) is 13.0. The smallest absolute Gasteiger partial charge is 0.229 e. The quantitative estimate of drug-likeness (QED) is 0.883. The summed E-state index contributed by atoms with van der Waals surface area (Å²) in [7, 11) is 1.79. The highest BCUT2D eigenvalue weighted by Gasteiger charge is 2.05. The van der Waals surface area contributed by atoms with Crippen LogP contribution in [0.4, 0.5) is 5.82 Å². The molecule has 18 heavy (non-hydrogen) atoms. The molecule has 0 saturated heterocycles. The Morgan fingerprint density at radius 3 is 2.67 bits per heavy atom. The Bertz CT molecular complexity index is 592. The fourth-order valence-corrected chi connectivity index (χ4v) is 1.55. The van der Waals surface area contributed by atoms with Gasteiger partial charge in [-0.1, -0.05) is 12.1 Å². The minimum atomic E-state index is -0.126. The predicted octanol–water partition coefficient (Wildman–Crippen LogP) is 1.47. The Hall–Kier alpha value is -2.61. The van der Waals surface area contributed by atoms with Crippen LogP contribution in [0.3, 0.4) is 0 Å². The van der Waals surface area contributed by atoms with Crippen molar-refractivity contribution in [3.05, 3.63) is 47.7 Å². The summed E-state index contributed by atoms with van der Waals surface area (Å²) in [5, 5.41) is 15.4. The molecule has 0 atom stereocenters. The second-order valence-corrected chi connectivity index (χ2v) is 3.91. The summed E-state index contributed by atoms with van der Waals surface area (Å²) in [5.74, 6) is 0.412. The maximum absolute atomic E-state index is 11.7. The molecule has 0 aliphatic carbocycles. The van der Waals surface area contributed by atoms with Crippen LogP contribution in [-0.4, -0.2) is 15.7 Å². The monoisotopic (exact) mass is 240 g/mol. The lowest BCUT2D eigenvalue weighted by Crippen LogP contribution is -2.14. The van der Waals surface area contributed by atoms with Gasteiger partial charge in [-0.3, -0.25) is 9.48 Å². The molecule has 5 nitrogen and oxygen atoms in total. The van der Waals surface area contributed by atoms with Crippen molar-refractivity contribution in [3.63, 3.8) is 0 Å². The van der Waals surface area contributed by atoms with E-state index in [9.17, 15) is 4.79 Å². The molecule has 0 saturated carbocycles. The molecule has 1 amide bonds. The maximum Gasteiger partial charge on any atom is 0.229 e. The highest BCUT2D eigenvalue weighted by molar-refractivity contribution is 5.91. The highest BCUT2D eigenvalue weighted by Crippen LogP contribution is 2.06. The predicted molar refractivity (Wildman–Crippen MR) is 66.7 cm³/mol. The first-order valence-electron chi connectivity index (χ1n) is 5.46. The number of amides is 1. The van der Waals surface area contributed by atoms with Gasteiger partial charge in [0.05, 0.1) is 18.1 Å². The van der Waals surface area contributed by atoms with Gasteiger partial charge in [-0.15, -0.1) is 0 Å². The zero-order valence-corrected chi connectivity index (χ0v) is 9.92. The van der Waals surface area contributed by atoms with E-state index in [1.807, 2.05) is 6.07 Å². The van der Waals surface area contributed by atoms with Crippen LogP contribution in [0.2, 0.25) is 0 Å². The second kappa shape index (κ2) is 5.15. The molecule has 90 valence electrons. The van der Waals surface area contributed by atoms with Crippen LogP contribution in [0.15, 0.2) is 36.5 Å². The number of nitriles is 1. The number of anilines is 1. The standard InChI is InChI=1S/C13H12N4O/c1-17-7-6-12(16-17)15-13(18)8-10-2-4-11(9-14)5-3-10/h2-7H,8H2,1H3,(H,15,16,18). The lowest BCUT2D eigenvalue weighted by Gasteiger charge is -2.02. The van der Waals surface area contributed by atoms with Gasteiger partial charge in [-0.2, -0.15) is 10.4 Å². The lowest BCUT2D eigenvalue weighted by molar-refractivity contribution is -0.115. The fraction of sp³-hybridized carbons (Fsp3) is 0.154. The first-order chi connectivity index (χ1) is 8.67. The largest absolute Gasteiger partial charge is 0.309 e. The van der Waals surface area contributed by atoms with E-state index in [1.165, 1.54) is 0 Å². The summed E-state index contributed by atoms with van der Waals surface area (Å²) in [4.78, 5) is 11.7. The van der Waals surface area contributed by atoms with Crippen molar-refractivity contribution in [2.24, 2.45) is 7.05 Å². The summed E-state index contributed by atoms with van der Waals surface area (Å²) in [5.41, 5.74) is 1.45. The van der Waals surface area contributed by atoms with Crippen LogP contribution in [0.5, 0.6) is 0 Å². The molecule has 1 aromatic heterocycles. The normalized spacial score (nSPS) is 9.78. The van der Waals surface area contributed by atoms with Crippen molar-refractivity contribution in [3.8, 4) is 6.07 Å². The van der Waals surface area contributed by atoms with Crippen LogP contribution in [0, 0.1) is 11.3 Å². The fourth-order valence-electron chi connectivity index (χ4n) is 1.55. The van der Waals surface area contributed by atoms with Crippen LogP contribution >= 0.6 is 0 Å². The minimum Gasteiger partial charge on any atom is -0.309 e. The minimum absolute atomic E-state index is 0.126. The van der Waals surface area contributed by atoms with E-state index < -0.39 is 0 Å². The Balaban J connectivity index is 1.96. The maximum atomic E-state index is 11.7. The van der Waals surface area contributed by atoms with Crippen LogP contribution in [0.25, 0.3) is 0 Å². The van der Waals surface area contributed by atoms with E-state index in [1.54, 1.807) is 48.3 Å². The van der Waals surface area contributed by atoms with Crippen molar-refractivity contribution in [1.29, 1.82) is 5.26 Å². The number of nitrogens with zero attached hydrogens (tertiary/aromatic N) is 3. The van der Waals surface area contributed by atoms with E-state index in [2.05, 4.69) is 10.4 Å². The van der Waals surface area contributed by atoms with Crippen molar-refractivity contribution in [2.75, 3.05) is 5.32 Å². The summed E-state index contributed by atoms with van der Waals surface area (Å²) in [6.07, 6.45) is 2.03. The molecule has 2 rings (SSSR count). The van der Waals surface area contributed by atoms with Gasteiger partial charge in [-0.05, 0) is 17.7 Å². The SMILES string of the molecule is Cn1ccc(NC(=O)Cc2ccc(C#N)cc2)n1. The molecule has 0 unspecified atom stereocenters. The molecule has 0 spiro atoms. The number of carbonyl (C=O) groups excluding carboxylic acids is 1. The molecule has 1 heterocycles. The molecular weight excluding hydrogens is 228 g/mol. The number of hydrogen-bond acceptors (Lipinski definition) is 3. The van der Waals surface area contributed by atoms with E-state index in [0.717, 1.165) is 5.56 Å². The third kappa shape index (κ3) is 2.95. The number of hydrogen-bond donors (Lipinski definition) is 1. The Kier molecular flexibility index (Phi) is 3.39. The summed E-state index contributed by atoms with van der Waals surface area (Å²) >= 11 is 0. The second-order valence-electron chi connectivity index (χ2n) is 3.91. The third-order valence-corrected chi connectivity index (χ3v) is 2.43. The number of carbonyl (C=O) groups is 1. The zero-order valence-electron chi connectivity index (χ0n) is 9.92. The van der Waals surface area contributed by atoms with Crippen molar-refractivity contribution >= 4 is 11.7 Å². The van der Waals surface area contributed by atoms with E-state index in [4.69, 9.17) is 5.26 Å². The summed E-state index contributed by atoms with van der Waals surface area (Å²) < 4.78 is 1.62. The molecule has 2 aromatic rings. The number of aryl methyl sites for hydroxylation is 1. The van der Waals surface area contributed by atoms with Crippen molar-refractivity contribution in [2.45, 2.75) is 6.42 Å². The Morgan fingerprint density at radius 2 is 2.11 bits per heavy atom. The topological polar surface area (TPSA) is 70.7 Å². The molecule has 0 fully saturated rings. The summed E-state index contributed by atoms with van der Waals surface area (Å²) in [6.45, 7) is 0. The summed E-state index contributed by atoms with van der Waals surface area (Å²) in [6, 6.07) is 10.7. The number of aromatic nitrogens is 2. The van der Waals surface area contributed by atoms with Gasteiger partial charge in [0.15, 0.2) is 5.82 Å². The van der Waals surface area contributed by atoms with Crippen LogP contribution in [0.1, 0.15) is 11.1 Å². The van der Waals surface area contributed by atoms with E-state index >= 15 is 0 Å². The van der Waals surface area contributed by atoms with Gasteiger partial charge in [0, 0.05) is 19.3 Å². The van der Waals surface area contributed by atoms with Crippen molar-refractivity contribution < 1.29 is 4.79 Å². The average molecular weight is 240 g/mol. The Morgan fingerprint density at radius 1 is 1.39 bits per heavy atom. The number of benzene rings is 1. The number of rotatable bonds is 3. The van der Waals surface area contributed by atoms with E-state index in [-0.39, 0.29) is 12.3 Å². The molecule has 0 bridgehead atoms. The third-order valence-electron chi connectivity index (χ3n) is 2.43. The molecule has 0 aliphatic heterocycles.